The summed E-state index contributed by atoms with van der Waals surface area (Å²) in [5.41, 5.74) is 2.80. The predicted molar refractivity (Wildman–Crippen MR) is 88.6 cm³/mol. The van der Waals surface area contributed by atoms with Crippen LogP contribution in [0.1, 0.15) is 47.5 Å². The summed E-state index contributed by atoms with van der Waals surface area (Å²) in [6.45, 7) is 7.73. The lowest BCUT2D eigenvalue weighted by atomic mass is 10.1. The number of rotatable bonds is 4. The molecule has 1 amide bonds. The number of aromatic nitrogens is 2. The van der Waals surface area contributed by atoms with Crippen LogP contribution in [0.4, 0.5) is 0 Å². The van der Waals surface area contributed by atoms with E-state index in [9.17, 15) is 4.79 Å². The van der Waals surface area contributed by atoms with Gasteiger partial charge in [0.15, 0.2) is 0 Å². The van der Waals surface area contributed by atoms with Crippen LogP contribution >= 0.6 is 0 Å². The first kappa shape index (κ1) is 16.6. The van der Waals surface area contributed by atoms with Crippen molar-refractivity contribution in [2.75, 3.05) is 19.7 Å². The monoisotopic (exact) mass is 329 g/mol. The van der Waals surface area contributed by atoms with E-state index in [1.54, 1.807) is 17.2 Å². The highest BCUT2D eigenvalue weighted by Crippen LogP contribution is 2.23. The van der Waals surface area contributed by atoms with Gasteiger partial charge in [-0.2, -0.15) is 0 Å². The van der Waals surface area contributed by atoms with Gasteiger partial charge in [-0.25, -0.2) is 0 Å². The van der Waals surface area contributed by atoms with Crippen LogP contribution in [0.25, 0.3) is 0 Å². The fourth-order valence-corrected chi connectivity index (χ4v) is 2.89. The van der Waals surface area contributed by atoms with Crippen molar-refractivity contribution < 1.29 is 14.1 Å². The minimum absolute atomic E-state index is 0.128. The summed E-state index contributed by atoms with van der Waals surface area (Å²) in [6, 6.07) is 5.68. The zero-order chi connectivity index (χ0) is 17.1. The number of carbonyl (C=O) groups excluding carboxylic acids is 1. The molecule has 2 aromatic rings. The summed E-state index contributed by atoms with van der Waals surface area (Å²) in [5.74, 6) is 0.648. The topological polar surface area (TPSA) is 68.5 Å². The number of carbonyl (C=O) groups is 1. The lowest BCUT2D eigenvalue weighted by molar-refractivity contribution is -0.0240. The Balaban J connectivity index is 1.70. The maximum absolute atomic E-state index is 12.7. The van der Waals surface area contributed by atoms with Crippen molar-refractivity contribution in [3.05, 3.63) is 47.1 Å². The Morgan fingerprint density at radius 1 is 1.42 bits per heavy atom. The van der Waals surface area contributed by atoms with Crippen molar-refractivity contribution in [2.45, 2.75) is 33.3 Å². The Morgan fingerprint density at radius 2 is 2.25 bits per heavy atom. The highest BCUT2D eigenvalue weighted by atomic mass is 16.5. The number of morpholine rings is 1. The maximum atomic E-state index is 12.7. The summed E-state index contributed by atoms with van der Waals surface area (Å²) in [5, 5.41) is 4.00. The third kappa shape index (κ3) is 3.82. The van der Waals surface area contributed by atoms with Crippen LogP contribution in [0, 0.1) is 12.8 Å². The van der Waals surface area contributed by atoms with Crippen LogP contribution in [-0.4, -0.2) is 40.6 Å². The molecule has 2 aromatic heterocycles. The van der Waals surface area contributed by atoms with E-state index in [1.807, 2.05) is 19.1 Å². The molecule has 0 N–H and O–H groups in total. The summed E-state index contributed by atoms with van der Waals surface area (Å²) in [6.07, 6.45) is 2.44. The Bertz CT molecular complexity index is 711. The molecular formula is C18H23N3O3. The molecule has 1 fully saturated rings. The summed E-state index contributed by atoms with van der Waals surface area (Å²) in [4.78, 5) is 18.6. The molecule has 0 aliphatic carbocycles. The van der Waals surface area contributed by atoms with Crippen LogP contribution in [0.2, 0.25) is 0 Å². The molecule has 6 heteroatoms. The molecule has 6 nitrogen and oxygen atoms in total. The lowest BCUT2D eigenvalue weighted by Gasteiger charge is -2.32. The molecule has 0 saturated carbocycles. The van der Waals surface area contributed by atoms with Crippen LogP contribution in [0.5, 0.6) is 0 Å². The number of ether oxygens (including phenoxy) is 1. The molecule has 0 unspecified atom stereocenters. The van der Waals surface area contributed by atoms with E-state index in [4.69, 9.17) is 9.26 Å². The van der Waals surface area contributed by atoms with E-state index >= 15 is 0 Å². The first-order chi connectivity index (χ1) is 11.5. The molecule has 1 saturated heterocycles. The first-order valence-corrected chi connectivity index (χ1v) is 8.32. The molecule has 1 atom stereocenters. The molecule has 128 valence electrons. The Kier molecular flexibility index (Phi) is 4.94. The molecule has 0 aromatic carbocycles. The zero-order valence-corrected chi connectivity index (χ0v) is 14.4. The van der Waals surface area contributed by atoms with Crippen molar-refractivity contribution >= 4 is 5.91 Å². The number of nitrogens with zero attached hydrogens (tertiary/aromatic N) is 3. The van der Waals surface area contributed by atoms with Crippen LogP contribution in [-0.2, 0) is 11.2 Å². The largest absolute Gasteiger partial charge is 0.370 e. The molecule has 24 heavy (non-hydrogen) atoms. The minimum atomic E-state index is -0.137. The Hall–Kier alpha value is -2.21. The number of hydrogen-bond acceptors (Lipinski definition) is 5. The van der Waals surface area contributed by atoms with E-state index in [2.05, 4.69) is 24.0 Å². The van der Waals surface area contributed by atoms with Gasteiger partial charge in [-0.3, -0.25) is 9.78 Å². The van der Waals surface area contributed by atoms with Crippen LogP contribution in [0.3, 0.4) is 0 Å². The van der Waals surface area contributed by atoms with Gasteiger partial charge < -0.3 is 14.2 Å². The van der Waals surface area contributed by atoms with E-state index in [0.717, 1.165) is 23.4 Å². The highest BCUT2D eigenvalue weighted by Gasteiger charge is 2.28. The van der Waals surface area contributed by atoms with E-state index < -0.39 is 0 Å². The smallest absolute Gasteiger partial charge is 0.292 e. The quantitative estimate of drug-likeness (QED) is 0.863. The van der Waals surface area contributed by atoms with Crippen molar-refractivity contribution in [3.8, 4) is 0 Å². The molecule has 3 heterocycles. The van der Waals surface area contributed by atoms with Crippen molar-refractivity contribution in [2.24, 2.45) is 5.92 Å². The van der Waals surface area contributed by atoms with Gasteiger partial charge in [0.2, 0.25) is 5.76 Å². The second-order valence-corrected chi connectivity index (χ2v) is 6.62. The van der Waals surface area contributed by atoms with Crippen molar-refractivity contribution in [3.63, 3.8) is 0 Å². The van der Waals surface area contributed by atoms with Gasteiger partial charge in [0.05, 0.1) is 18.8 Å². The van der Waals surface area contributed by atoms with Crippen molar-refractivity contribution in [1.82, 2.24) is 15.0 Å². The van der Waals surface area contributed by atoms with Gasteiger partial charge in [0.1, 0.15) is 6.10 Å². The molecule has 0 radical (unpaired) electrons. The van der Waals surface area contributed by atoms with Gasteiger partial charge in [0, 0.05) is 24.5 Å². The average Bonchev–Trinajstić information content (AvgIpc) is 3.02. The summed E-state index contributed by atoms with van der Waals surface area (Å²) < 4.78 is 11.1. The average molecular weight is 329 g/mol. The van der Waals surface area contributed by atoms with Gasteiger partial charge in [-0.1, -0.05) is 19.0 Å². The normalized spacial score (nSPS) is 18.2. The van der Waals surface area contributed by atoms with Gasteiger partial charge in [0.25, 0.3) is 5.91 Å². The van der Waals surface area contributed by atoms with Crippen LogP contribution < -0.4 is 0 Å². The predicted octanol–water partition coefficient (Wildman–Crippen LogP) is 2.79. The highest BCUT2D eigenvalue weighted by molar-refractivity contribution is 5.91. The first-order valence-electron chi connectivity index (χ1n) is 8.32. The second-order valence-electron chi connectivity index (χ2n) is 6.62. The second kappa shape index (κ2) is 7.13. The number of hydrogen-bond donors (Lipinski definition) is 0. The maximum Gasteiger partial charge on any atom is 0.292 e. The van der Waals surface area contributed by atoms with Gasteiger partial charge >= 0.3 is 0 Å². The van der Waals surface area contributed by atoms with Crippen LogP contribution in [0.15, 0.2) is 28.9 Å². The van der Waals surface area contributed by atoms with Gasteiger partial charge in [-0.15, -0.1) is 0 Å². The molecule has 0 spiro atoms. The fraction of sp³-hybridized carbons (Fsp3) is 0.500. The summed E-state index contributed by atoms with van der Waals surface area (Å²) >= 11 is 0. The fourth-order valence-electron chi connectivity index (χ4n) is 2.89. The molecule has 3 rings (SSSR count). The van der Waals surface area contributed by atoms with Gasteiger partial charge in [-0.05, 0) is 37.0 Å². The minimum Gasteiger partial charge on any atom is -0.370 e. The number of pyridine rings is 1. The van der Waals surface area contributed by atoms with E-state index in [0.29, 0.717) is 31.4 Å². The third-order valence-electron chi connectivity index (χ3n) is 4.03. The molecule has 0 bridgehead atoms. The summed E-state index contributed by atoms with van der Waals surface area (Å²) in [7, 11) is 0. The van der Waals surface area contributed by atoms with Crippen molar-refractivity contribution in [1.29, 1.82) is 0 Å². The lowest BCUT2D eigenvalue weighted by Crippen LogP contribution is -2.42. The molecular weight excluding hydrogens is 306 g/mol. The number of aryl methyl sites for hydroxylation is 1. The molecule has 1 aliphatic heterocycles. The Labute approximate surface area is 141 Å². The zero-order valence-electron chi connectivity index (χ0n) is 14.4. The number of amides is 1. The SMILES string of the molecule is Cc1cc([C@H]2CN(C(=O)c3cc(CC(C)C)no3)CCO2)ccn1. The van der Waals surface area contributed by atoms with E-state index in [-0.39, 0.29) is 12.0 Å². The Morgan fingerprint density at radius 3 is 3.00 bits per heavy atom. The molecule has 1 aliphatic rings. The van der Waals surface area contributed by atoms with E-state index in [1.165, 1.54) is 0 Å². The third-order valence-corrected chi connectivity index (χ3v) is 4.03. The standard InChI is InChI=1S/C18H23N3O3/c1-12(2)8-15-10-16(24-20-15)18(22)21-6-7-23-17(11-21)14-4-5-19-13(3)9-14/h4-5,9-10,12,17H,6-8,11H2,1-3H3/t17-/m1/s1.